The van der Waals surface area contributed by atoms with Crippen LogP contribution in [0, 0.1) is 0 Å². The SMILES string of the molecule is CCOc1ccccc1/C=C/C(=O)N1CSC[C@H]1C(=O)O. The van der Waals surface area contributed by atoms with Gasteiger partial charge in [0.1, 0.15) is 11.8 Å². The van der Waals surface area contributed by atoms with Crippen molar-refractivity contribution in [2.75, 3.05) is 18.2 Å². The largest absolute Gasteiger partial charge is 0.493 e. The molecule has 1 heterocycles. The molecule has 1 aliphatic rings. The van der Waals surface area contributed by atoms with Crippen molar-refractivity contribution in [1.29, 1.82) is 0 Å². The molecule has 2 rings (SSSR count). The molecule has 0 spiro atoms. The summed E-state index contributed by atoms with van der Waals surface area (Å²) < 4.78 is 5.48. The molecule has 1 saturated heterocycles. The molecule has 112 valence electrons. The number of hydrogen-bond donors (Lipinski definition) is 1. The van der Waals surface area contributed by atoms with Gasteiger partial charge in [0.2, 0.25) is 5.91 Å². The maximum atomic E-state index is 12.1. The number of carbonyl (C=O) groups is 2. The lowest BCUT2D eigenvalue weighted by molar-refractivity contribution is -0.146. The van der Waals surface area contributed by atoms with Gasteiger partial charge in [0.05, 0.1) is 12.5 Å². The summed E-state index contributed by atoms with van der Waals surface area (Å²) in [5.41, 5.74) is 0.798. The van der Waals surface area contributed by atoms with Gasteiger partial charge < -0.3 is 14.7 Å². The molecule has 0 bridgehead atoms. The van der Waals surface area contributed by atoms with Crippen molar-refractivity contribution in [3.05, 3.63) is 35.9 Å². The highest BCUT2D eigenvalue weighted by Crippen LogP contribution is 2.23. The second-order valence-electron chi connectivity index (χ2n) is 4.47. The van der Waals surface area contributed by atoms with Gasteiger partial charge in [-0.15, -0.1) is 11.8 Å². The Balaban J connectivity index is 2.10. The van der Waals surface area contributed by atoms with Gasteiger partial charge in [-0.1, -0.05) is 18.2 Å². The van der Waals surface area contributed by atoms with Crippen molar-refractivity contribution in [2.24, 2.45) is 0 Å². The van der Waals surface area contributed by atoms with E-state index in [-0.39, 0.29) is 5.91 Å². The minimum atomic E-state index is -0.962. The monoisotopic (exact) mass is 307 g/mol. The summed E-state index contributed by atoms with van der Waals surface area (Å²) in [4.78, 5) is 24.6. The standard InChI is InChI=1S/C15H17NO4S/c1-2-20-13-6-4-3-5-11(13)7-8-14(17)16-10-21-9-12(16)15(18)19/h3-8,12H,2,9-10H2,1H3,(H,18,19)/b8-7+/t12-/m0/s1. The molecule has 1 aliphatic heterocycles. The zero-order chi connectivity index (χ0) is 15.2. The predicted octanol–water partition coefficient (Wildman–Crippen LogP) is 2.08. The van der Waals surface area contributed by atoms with Crippen molar-refractivity contribution in [3.63, 3.8) is 0 Å². The lowest BCUT2D eigenvalue weighted by Crippen LogP contribution is -2.40. The summed E-state index contributed by atoms with van der Waals surface area (Å²) in [5, 5.41) is 9.08. The van der Waals surface area contributed by atoms with Gasteiger partial charge in [0, 0.05) is 17.4 Å². The third-order valence-corrected chi connectivity index (χ3v) is 4.09. The van der Waals surface area contributed by atoms with Gasteiger partial charge in [0.25, 0.3) is 0 Å². The zero-order valence-corrected chi connectivity index (χ0v) is 12.5. The first-order valence-corrected chi connectivity index (χ1v) is 7.80. The molecule has 1 atom stereocenters. The number of benzene rings is 1. The van der Waals surface area contributed by atoms with Crippen molar-refractivity contribution >= 4 is 29.7 Å². The van der Waals surface area contributed by atoms with Crippen molar-refractivity contribution in [2.45, 2.75) is 13.0 Å². The van der Waals surface area contributed by atoms with E-state index in [0.717, 1.165) is 5.56 Å². The summed E-state index contributed by atoms with van der Waals surface area (Å²) in [6.45, 7) is 2.44. The van der Waals surface area contributed by atoms with Crippen molar-refractivity contribution < 1.29 is 19.4 Å². The number of carboxylic acids is 1. The molecule has 1 N–H and O–H groups in total. The second kappa shape index (κ2) is 7.17. The van der Waals surface area contributed by atoms with E-state index >= 15 is 0 Å². The Labute approximate surface area is 127 Å². The highest BCUT2D eigenvalue weighted by molar-refractivity contribution is 7.99. The normalized spacial score (nSPS) is 18.1. The molecular weight excluding hydrogens is 290 g/mol. The minimum Gasteiger partial charge on any atom is -0.493 e. The number of amides is 1. The molecule has 1 amide bonds. The summed E-state index contributed by atoms with van der Waals surface area (Å²) in [6, 6.07) is 6.66. The van der Waals surface area contributed by atoms with Gasteiger partial charge in [-0.2, -0.15) is 0 Å². The van der Waals surface area contributed by atoms with Gasteiger partial charge >= 0.3 is 5.97 Å². The summed E-state index contributed by atoms with van der Waals surface area (Å²) in [5.74, 6) is 0.294. The van der Waals surface area contributed by atoms with E-state index in [9.17, 15) is 9.59 Å². The lowest BCUT2D eigenvalue weighted by Gasteiger charge is -2.18. The quantitative estimate of drug-likeness (QED) is 0.844. The van der Waals surface area contributed by atoms with E-state index in [1.54, 1.807) is 6.08 Å². The van der Waals surface area contributed by atoms with E-state index < -0.39 is 12.0 Å². The molecule has 1 aromatic carbocycles. The highest BCUT2D eigenvalue weighted by atomic mass is 32.2. The molecular formula is C15H17NO4S. The van der Waals surface area contributed by atoms with Gasteiger partial charge in [0.15, 0.2) is 0 Å². The number of rotatable bonds is 5. The first kappa shape index (κ1) is 15.4. The Kier molecular flexibility index (Phi) is 5.27. The first-order valence-electron chi connectivity index (χ1n) is 6.64. The number of hydrogen-bond acceptors (Lipinski definition) is 4. The van der Waals surface area contributed by atoms with E-state index in [1.165, 1.54) is 22.7 Å². The van der Waals surface area contributed by atoms with Gasteiger partial charge in [-0.3, -0.25) is 4.79 Å². The molecule has 0 unspecified atom stereocenters. The van der Waals surface area contributed by atoms with Crippen LogP contribution < -0.4 is 4.74 Å². The zero-order valence-electron chi connectivity index (χ0n) is 11.7. The number of thioether (sulfide) groups is 1. The second-order valence-corrected chi connectivity index (χ2v) is 5.47. The number of ether oxygens (including phenoxy) is 1. The van der Waals surface area contributed by atoms with Crippen LogP contribution in [0.3, 0.4) is 0 Å². The summed E-state index contributed by atoms with van der Waals surface area (Å²) in [6.07, 6.45) is 3.06. The fraction of sp³-hybridized carbons (Fsp3) is 0.333. The predicted molar refractivity (Wildman–Crippen MR) is 82.2 cm³/mol. The lowest BCUT2D eigenvalue weighted by atomic mass is 10.2. The van der Waals surface area contributed by atoms with Crippen LogP contribution in [-0.2, 0) is 9.59 Å². The summed E-state index contributed by atoms with van der Waals surface area (Å²) >= 11 is 1.45. The van der Waals surface area contributed by atoms with Gasteiger partial charge in [-0.05, 0) is 19.1 Å². The molecule has 1 fully saturated rings. The topological polar surface area (TPSA) is 66.8 Å². The van der Waals surface area contributed by atoms with E-state index in [4.69, 9.17) is 9.84 Å². The van der Waals surface area contributed by atoms with Crippen LogP contribution in [0.25, 0.3) is 6.08 Å². The smallest absolute Gasteiger partial charge is 0.327 e. The maximum absolute atomic E-state index is 12.1. The van der Waals surface area contributed by atoms with Crippen LogP contribution in [0.2, 0.25) is 0 Å². The Morgan fingerprint density at radius 1 is 1.48 bits per heavy atom. The van der Waals surface area contributed by atoms with Crippen molar-refractivity contribution in [1.82, 2.24) is 4.90 Å². The molecule has 6 heteroatoms. The molecule has 1 aromatic rings. The van der Waals surface area contributed by atoms with Crippen LogP contribution in [0.15, 0.2) is 30.3 Å². The third-order valence-electron chi connectivity index (χ3n) is 3.07. The van der Waals surface area contributed by atoms with Crippen LogP contribution in [-0.4, -0.2) is 46.2 Å². The number of nitrogens with zero attached hydrogens (tertiary/aromatic N) is 1. The molecule has 0 aliphatic carbocycles. The molecule has 5 nitrogen and oxygen atoms in total. The molecule has 0 aromatic heterocycles. The van der Waals surface area contributed by atoms with E-state index in [0.29, 0.717) is 24.0 Å². The first-order chi connectivity index (χ1) is 10.1. The summed E-state index contributed by atoms with van der Waals surface area (Å²) in [7, 11) is 0. The minimum absolute atomic E-state index is 0.293. The van der Waals surface area contributed by atoms with E-state index in [1.807, 2.05) is 31.2 Å². The third kappa shape index (κ3) is 3.78. The van der Waals surface area contributed by atoms with Crippen LogP contribution in [0.5, 0.6) is 5.75 Å². The molecule has 0 saturated carbocycles. The fourth-order valence-corrected chi connectivity index (χ4v) is 3.18. The average molecular weight is 307 g/mol. The van der Waals surface area contributed by atoms with Crippen LogP contribution in [0.1, 0.15) is 12.5 Å². The number of para-hydroxylation sites is 1. The van der Waals surface area contributed by atoms with Crippen molar-refractivity contribution in [3.8, 4) is 5.75 Å². The number of carbonyl (C=O) groups excluding carboxylic acids is 1. The number of carboxylic acid groups (broad SMARTS) is 1. The Morgan fingerprint density at radius 2 is 2.24 bits per heavy atom. The maximum Gasteiger partial charge on any atom is 0.327 e. The highest BCUT2D eigenvalue weighted by Gasteiger charge is 2.33. The van der Waals surface area contributed by atoms with Gasteiger partial charge in [-0.25, -0.2) is 4.79 Å². The number of aliphatic carboxylic acids is 1. The average Bonchev–Trinajstić information content (AvgIpc) is 2.96. The Bertz CT molecular complexity index is 558. The van der Waals surface area contributed by atoms with Crippen LogP contribution >= 0.6 is 11.8 Å². The molecule has 21 heavy (non-hydrogen) atoms. The fourth-order valence-electron chi connectivity index (χ4n) is 2.03. The van der Waals surface area contributed by atoms with E-state index in [2.05, 4.69) is 0 Å². The van der Waals surface area contributed by atoms with Crippen LogP contribution in [0.4, 0.5) is 0 Å². The Hall–Kier alpha value is -1.95. The Morgan fingerprint density at radius 3 is 2.95 bits per heavy atom. The molecule has 0 radical (unpaired) electrons.